The van der Waals surface area contributed by atoms with Crippen LogP contribution in [0.25, 0.3) is 6.08 Å². The first-order valence-corrected chi connectivity index (χ1v) is 8.89. The van der Waals surface area contributed by atoms with Crippen LogP contribution in [0.3, 0.4) is 0 Å². The van der Waals surface area contributed by atoms with Crippen molar-refractivity contribution in [3.8, 4) is 5.75 Å². The first-order valence-electron chi connectivity index (χ1n) is 8.51. The van der Waals surface area contributed by atoms with Crippen molar-refractivity contribution in [3.63, 3.8) is 0 Å². The molecule has 0 saturated carbocycles. The second-order valence-electron chi connectivity index (χ2n) is 5.99. The van der Waals surface area contributed by atoms with Gasteiger partial charge in [-0.3, -0.25) is 0 Å². The summed E-state index contributed by atoms with van der Waals surface area (Å²) in [5.74, 6) is 0.471. The predicted molar refractivity (Wildman–Crippen MR) is 110 cm³/mol. The number of hydrogen-bond acceptors (Lipinski definition) is 3. The molecule has 0 aliphatic heterocycles. The number of carbonyl (C=O) groups is 1. The van der Waals surface area contributed by atoms with Crippen molar-refractivity contribution in [2.45, 2.75) is 34.6 Å². The Morgan fingerprint density at radius 2 is 1.88 bits per heavy atom. The molecule has 26 heavy (non-hydrogen) atoms. The summed E-state index contributed by atoms with van der Waals surface area (Å²) < 4.78 is 10.2. The molecule has 0 saturated heterocycles. The van der Waals surface area contributed by atoms with Crippen molar-refractivity contribution < 1.29 is 14.3 Å². The van der Waals surface area contributed by atoms with Crippen LogP contribution in [-0.4, -0.2) is 19.7 Å². The highest BCUT2D eigenvalue weighted by atomic mass is 35.5. The van der Waals surface area contributed by atoms with Crippen LogP contribution in [0.1, 0.15) is 37.5 Å². The molecule has 0 heterocycles. The third kappa shape index (κ3) is 6.57. The van der Waals surface area contributed by atoms with Gasteiger partial charge >= 0.3 is 5.97 Å². The molecule has 0 spiro atoms. The molecule has 1 aromatic rings. The van der Waals surface area contributed by atoms with E-state index in [1.54, 1.807) is 14.0 Å². The molecule has 140 valence electrons. The van der Waals surface area contributed by atoms with Gasteiger partial charge in [0.05, 0.1) is 18.7 Å². The molecule has 0 radical (unpaired) electrons. The molecule has 4 heteroatoms. The number of rotatable bonds is 7. The Morgan fingerprint density at radius 1 is 1.19 bits per heavy atom. The topological polar surface area (TPSA) is 35.5 Å². The molecular weight excluding hydrogens is 348 g/mol. The van der Waals surface area contributed by atoms with Crippen molar-refractivity contribution in [2.24, 2.45) is 0 Å². The Morgan fingerprint density at radius 3 is 2.50 bits per heavy atom. The standard InChI is InChI=1S/C22H27ClO3/c1-7-26-21(24)13-16(3)10-8-9-15(2)11-12-19-17(4)14-20(25-6)18(5)22(19)23/h8-14H,7H2,1-6H3. The zero-order valence-corrected chi connectivity index (χ0v) is 17.1. The Hall–Kier alpha value is -2.26. The first kappa shape index (κ1) is 21.8. The second-order valence-corrected chi connectivity index (χ2v) is 6.37. The Labute approximate surface area is 161 Å². The molecule has 0 amide bonds. The number of ether oxygens (including phenoxy) is 2. The van der Waals surface area contributed by atoms with E-state index in [1.807, 2.05) is 64.1 Å². The fourth-order valence-corrected chi connectivity index (χ4v) is 2.63. The number of methoxy groups -OCH3 is 1. The molecule has 0 unspecified atom stereocenters. The summed E-state index contributed by atoms with van der Waals surface area (Å²) >= 11 is 6.47. The van der Waals surface area contributed by atoms with E-state index in [9.17, 15) is 4.79 Å². The van der Waals surface area contributed by atoms with Gasteiger partial charge in [-0.15, -0.1) is 0 Å². The average molecular weight is 375 g/mol. The van der Waals surface area contributed by atoms with E-state index in [1.165, 1.54) is 6.08 Å². The van der Waals surface area contributed by atoms with Gasteiger partial charge in [0.1, 0.15) is 5.75 Å². The third-order valence-electron chi connectivity index (χ3n) is 3.79. The molecule has 0 N–H and O–H groups in total. The van der Waals surface area contributed by atoms with Crippen molar-refractivity contribution in [1.82, 2.24) is 0 Å². The van der Waals surface area contributed by atoms with Gasteiger partial charge in [0.15, 0.2) is 0 Å². The Bertz CT molecular complexity index is 768. The van der Waals surface area contributed by atoms with Crippen molar-refractivity contribution >= 4 is 23.6 Å². The fourth-order valence-electron chi connectivity index (χ4n) is 2.32. The summed E-state index contributed by atoms with van der Waals surface area (Å²) in [6, 6.07) is 1.99. The lowest BCUT2D eigenvalue weighted by Crippen LogP contribution is -1.99. The van der Waals surface area contributed by atoms with Crippen LogP contribution in [0.2, 0.25) is 5.02 Å². The zero-order valence-electron chi connectivity index (χ0n) is 16.4. The monoisotopic (exact) mass is 374 g/mol. The number of benzene rings is 1. The highest BCUT2D eigenvalue weighted by molar-refractivity contribution is 6.33. The van der Waals surface area contributed by atoms with Gasteiger partial charge in [0, 0.05) is 11.6 Å². The minimum atomic E-state index is -0.324. The maximum absolute atomic E-state index is 11.4. The minimum absolute atomic E-state index is 0.324. The lowest BCUT2D eigenvalue weighted by Gasteiger charge is -2.12. The number of aryl methyl sites for hydroxylation is 1. The maximum Gasteiger partial charge on any atom is 0.330 e. The number of allylic oxidation sites excluding steroid dienone is 6. The quantitative estimate of drug-likeness (QED) is 0.334. The molecule has 1 aromatic carbocycles. The molecule has 1 rings (SSSR count). The van der Waals surface area contributed by atoms with Crippen molar-refractivity contribution in [3.05, 3.63) is 69.3 Å². The molecule has 0 aliphatic carbocycles. The SMILES string of the molecule is CCOC(=O)C=C(C)C=CC=C(C)C=Cc1c(C)cc(OC)c(C)c1Cl. The van der Waals surface area contributed by atoms with Gasteiger partial charge in [-0.25, -0.2) is 4.79 Å². The number of hydrogen-bond donors (Lipinski definition) is 0. The minimum Gasteiger partial charge on any atom is -0.496 e. The molecule has 0 fully saturated rings. The van der Waals surface area contributed by atoms with Gasteiger partial charge < -0.3 is 9.47 Å². The van der Waals surface area contributed by atoms with Crippen LogP contribution in [0.5, 0.6) is 5.75 Å². The van der Waals surface area contributed by atoms with Crippen LogP contribution in [0, 0.1) is 13.8 Å². The summed E-state index contributed by atoms with van der Waals surface area (Å²) in [4.78, 5) is 11.4. The van der Waals surface area contributed by atoms with E-state index in [0.29, 0.717) is 11.6 Å². The van der Waals surface area contributed by atoms with Crippen LogP contribution in [0.15, 0.2) is 47.6 Å². The van der Waals surface area contributed by atoms with E-state index in [4.69, 9.17) is 21.1 Å². The van der Waals surface area contributed by atoms with E-state index in [2.05, 4.69) is 0 Å². The van der Waals surface area contributed by atoms with E-state index in [0.717, 1.165) is 33.6 Å². The first-order chi connectivity index (χ1) is 12.3. The van der Waals surface area contributed by atoms with E-state index >= 15 is 0 Å². The molecule has 3 nitrogen and oxygen atoms in total. The molecule has 0 bridgehead atoms. The summed E-state index contributed by atoms with van der Waals surface area (Å²) in [5.41, 5.74) is 4.88. The normalized spacial score (nSPS) is 12.9. The summed E-state index contributed by atoms with van der Waals surface area (Å²) in [7, 11) is 1.64. The highest BCUT2D eigenvalue weighted by Gasteiger charge is 2.10. The van der Waals surface area contributed by atoms with Crippen LogP contribution >= 0.6 is 11.6 Å². The van der Waals surface area contributed by atoms with Gasteiger partial charge in [0.25, 0.3) is 0 Å². The summed E-state index contributed by atoms with van der Waals surface area (Å²) in [5, 5.41) is 0.703. The van der Waals surface area contributed by atoms with Crippen molar-refractivity contribution in [2.75, 3.05) is 13.7 Å². The van der Waals surface area contributed by atoms with Crippen LogP contribution in [-0.2, 0) is 9.53 Å². The zero-order chi connectivity index (χ0) is 19.7. The maximum atomic E-state index is 11.4. The number of carbonyl (C=O) groups excluding carboxylic acids is 1. The smallest absolute Gasteiger partial charge is 0.330 e. The van der Waals surface area contributed by atoms with Crippen molar-refractivity contribution in [1.29, 1.82) is 0 Å². The molecular formula is C22H27ClO3. The largest absolute Gasteiger partial charge is 0.496 e. The highest BCUT2D eigenvalue weighted by Crippen LogP contribution is 2.32. The van der Waals surface area contributed by atoms with Gasteiger partial charge in [-0.05, 0) is 57.4 Å². The lowest BCUT2D eigenvalue weighted by atomic mass is 10.0. The Kier molecular flexibility index (Phi) is 8.94. The van der Waals surface area contributed by atoms with Gasteiger partial charge in [-0.1, -0.05) is 47.6 Å². The van der Waals surface area contributed by atoms with E-state index in [-0.39, 0.29) is 5.97 Å². The molecule has 0 aromatic heterocycles. The molecule has 0 atom stereocenters. The fraction of sp³-hybridized carbons (Fsp3) is 0.318. The lowest BCUT2D eigenvalue weighted by molar-refractivity contribution is -0.137. The van der Waals surface area contributed by atoms with Crippen LogP contribution < -0.4 is 4.74 Å². The van der Waals surface area contributed by atoms with Crippen LogP contribution in [0.4, 0.5) is 0 Å². The summed E-state index contributed by atoms with van der Waals surface area (Å²) in [6.45, 7) is 9.98. The van der Waals surface area contributed by atoms with Gasteiger partial charge in [0.2, 0.25) is 0 Å². The van der Waals surface area contributed by atoms with E-state index < -0.39 is 0 Å². The number of halogens is 1. The third-order valence-corrected chi connectivity index (χ3v) is 4.28. The molecule has 0 aliphatic rings. The average Bonchev–Trinajstić information content (AvgIpc) is 2.58. The second kappa shape index (κ2) is 10.7. The van der Waals surface area contributed by atoms with Gasteiger partial charge in [-0.2, -0.15) is 0 Å². The number of esters is 1. The predicted octanol–water partition coefficient (Wildman–Crippen LogP) is 5.99. The Balaban J connectivity index is 2.89. The summed E-state index contributed by atoms with van der Waals surface area (Å²) in [6.07, 6.45) is 11.2.